The van der Waals surface area contributed by atoms with Crippen molar-refractivity contribution in [2.45, 2.75) is 26.6 Å². The van der Waals surface area contributed by atoms with Crippen molar-refractivity contribution in [2.75, 3.05) is 26.2 Å². The van der Waals surface area contributed by atoms with Crippen molar-refractivity contribution in [1.82, 2.24) is 19.7 Å². The highest BCUT2D eigenvalue weighted by atomic mass is 19.1. The molecule has 0 unspecified atom stereocenters. The van der Waals surface area contributed by atoms with Gasteiger partial charge in [-0.3, -0.25) is 14.5 Å². The molecule has 0 N–H and O–H groups in total. The van der Waals surface area contributed by atoms with Gasteiger partial charge in [-0.15, -0.1) is 0 Å². The van der Waals surface area contributed by atoms with Crippen molar-refractivity contribution in [3.8, 4) is 0 Å². The number of carbonyl (C=O) groups excluding carboxylic acids is 2. The summed E-state index contributed by atoms with van der Waals surface area (Å²) in [6.07, 6.45) is 1.33. The van der Waals surface area contributed by atoms with Gasteiger partial charge in [0, 0.05) is 51.8 Å². The van der Waals surface area contributed by atoms with Crippen LogP contribution in [0.15, 0.2) is 59.2 Å². The summed E-state index contributed by atoms with van der Waals surface area (Å²) in [5, 5.41) is 0. The van der Waals surface area contributed by atoms with E-state index in [2.05, 4.69) is 4.98 Å². The number of hydrogen-bond acceptors (Lipinski definition) is 5. The molecule has 2 aromatic carbocycles. The molecule has 0 aliphatic carbocycles. The number of amides is 2. The molecule has 3 aromatic rings. The van der Waals surface area contributed by atoms with Gasteiger partial charge in [-0.1, -0.05) is 30.3 Å². The molecule has 1 fully saturated rings. The van der Waals surface area contributed by atoms with Crippen molar-refractivity contribution < 1.29 is 22.8 Å². The van der Waals surface area contributed by atoms with Crippen LogP contribution in [0, 0.1) is 11.6 Å². The fourth-order valence-corrected chi connectivity index (χ4v) is 3.94. The van der Waals surface area contributed by atoms with Gasteiger partial charge in [0.05, 0.1) is 6.54 Å². The minimum Gasteiger partial charge on any atom is -0.447 e. The van der Waals surface area contributed by atoms with E-state index in [0.29, 0.717) is 44.2 Å². The molecule has 7 nitrogen and oxygen atoms in total. The van der Waals surface area contributed by atoms with Crippen LogP contribution in [0.1, 0.15) is 34.4 Å². The van der Waals surface area contributed by atoms with Gasteiger partial charge in [-0.05, 0) is 23.8 Å². The zero-order valence-electron chi connectivity index (χ0n) is 18.9. The topological polar surface area (TPSA) is 69.9 Å². The molecule has 4 rings (SSSR count). The molecule has 1 aromatic heterocycles. The van der Waals surface area contributed by atoms with Gasteiger partial charge in [-0.25, -0.2) is 13.8 Å². The van der Waals surface area contributed by atoms with E-state index in [1.54, 1.807) is 40.1 Å². The molecule has 0 bridgehead atoms. The number of carbonyl (C=O) groups is 2. The van der Waals surface area contributed by atoms with E-state index in [9.17, 15) is 18.4 Å². The van der Waals surface area contributed by atoms with Crippen LogP contribution in [0.3, 0.4) is 0 Å². The normalized spacial score (nSPS) is 14.0. The van der Waals surface area contributed by atoms with Crippen LogP contribution in [-0.2, 0) is 24.4 Å². The molecule has 1 aliphatic rings. The van der Waals surface area contributed by atoms with Gasteiger partial charge in [-0.2, -0.15) is 0 Å². The van der Waals surface area contributed by atoms with Crippen molar-refractivity contribution in [1.29, 1.82) is 0 Å². The Hall–Kier alpha value is -3.59. The standard InChI is InChI=1S/C25H26F2N4O3/c1-18(32)30-10-12-31(13-11-30)25(33)23-17-34-24(28-23)16-29(14-19-6-8-21(26)9-7-19)15-20-4-2-3-5-22(20)27/h2-9,17H,10-16H2,1H3. The molecule has 1 aliphatic heterocycles. The van der Waals surface area contributed by atoms with Gasteiger partial charge in [0.15, 0.2) is 5.69 Å². The van der Waals surface area contributed by atoms with Gasteiger partial charge in [0.1, 0.15) is 17.9 Å². The van der Waals surface area contributed by atoms with Crippen LogP contribution in [-0.4, -0.2) is 57.7 Å². The van der Waals surface area contributed by atoms with E-state index in [4.69, 9.17) is 4.42 Å². The first-order valence-electron chi connectivity index (χ1n) is 11.1. The molecule has 2 amide bonds. The average molecular weight is 469 g/mol. The van der Waals surface area contributed by atoms with E-state index in [-0.39, 0.29) is 42.2 Å². The lowest BCUT2D eigenvalue weighted by Crippen LogP contribution is -2.50. The average Bonchev–Trinajstić information content (AvgIpc) is 3.30. The Balaban J connectivity index is 1.46. The highest BCUT2D eigenvalue weighted by molar-refractivity contribution is 5.92. The molecule has 0 radical (unpaired) electrons. The summed E-state index contributed by atoms with van der Waals surface area (Å²) in [6, 6.07) is 12.6. The van der Waals surface area contributed by atoms with Crippen molar-refractivity contribution in [2.24, 2.45) is 0 Å². The summed E-state index contributed by atoms with van der Waals surface area (Å²) in [6.45, 7) is 4.28. The summed E-state index contributed by atoms with van der Waals surface area (Å²) in [4.78, 5) is 34.0. The molecule has 0 saturated carbocycles. The second-order valence-electron chi connectivity index (χ2n) is 8.29. The van der Waals surface area contributed by atoms with E-state index in [0.717, 1.165) is 5.56 Å². The predicted molar refractivity (Wildman–Crippen MR) is 120 cm³/mol. The van der Waals surface area contributed by atoms with Crippen molar-refractivity contribution >= 4 is 11.8 Å². The number of oxazole rings is 1. The zero-order chi connectivity index (χ0) is 24.1. The van der Waals surface area contributed by atoms with Crippen LogP contribution >= 0.6 is 0 Å². The second kappa shape index (κ2) is 10.6. The van der Waals surface area contributed by atoms with Crippen LogP contribution < -0.4 is 0 Å². The molecule has 0 spiro atoms. The quantitative estimate of drug-likeness (QED) is 0.531. The number of piperazine rings is 1. The number of rotatable bonds is 7. The van der Waals surface area contributed by atoms with Gasteiger partial charge >= 0.3 is 0 Å². The highest BCUT2D eigenvalue weighted by Gasteiger charge is 2.25. The minimum absolute atomic E-state index is 0.00748. The van der Waals surface area contributed by atoms with Gasteiger partial charge in [0.25, 0.3) is 5.91 Å². The molecular weight excluding hydrogens is 442 g/mol. The third-order valence-corrected chi connectivity index (χ3v) is 5.81. The number of hydrogen-bond donors (Lipinski definition) is 0. The first kappa shape index (κ1) is 23.6. The first-order valence-corrected chi connectivity index (χ1v) is 11.1. The number of nitrogens with zero attached hydrogens (tertiary/aromatic N) is 4. The Labute approximate surface area is 196 Å². The Morgan fingerprint density at radius 1 is 0.941 bits per heavy atom. The predicted octanol–water partition coefficient (Wildman–Crippen LogP) is 3.46. The maximum absolute atomic E-state index is 14.3. The van der Waals surface area contributed by atoms with Crippen molar-refractivity contribution in [3.63, 3.8) is 0 Å². The third-order valence-electron chi connectivity index (χ3n) is 5.81. The van der Waals surface area contributed by atoms with Gasteiger partial charge < -0.3 is 14.2 Å². The third kappa shape index (κ3) is 5.85. The van der Waals surface area contributed by atoms with Crippen LogP contribution in [0.5, 0.6) is 0 Å². The summed E-state index contributed by atoms with van der Waals surface area (Å²) >= 11 is 0. The van der Waals surface area contributed by atoms with Crippen molar-refractivity contribution in [3.05, 3.63) is 89.1 Å². The second-order valence-corrected chi connectivity index (χ2v) is 8.29. The molecule has 9 heteroatoms. The minimum atomic E-state index is -0.329. The Morgan fingerprint density at radius 2 is 1.62 bits per heavy atom. The monoisotopic (exact) mass is 468 g/mol. The Bertz CT molecular complexity index is 1140. The SMILES string of the molecule is CC(=O)N1CCN(C(=O)c2coc(CN(Cc3ccc(F)cc3)Cc3ccccc3F)n2)CC1. The lowest BCUT2D eigenvalue weighted by atomic mass is 10.1. The molecule has 178 valence electrons. The maximum Gasteiger partial charge on any atom is 0.275 e. The molecule has 1 saturated heterocycles. The number of benzene rings is 2. The molecule has 0 atom stereocenters. The van der Waals surface area contributed by atoms with Crippen LogP contribution in [0.25, 0.3) is 0 Å². The number of aromatic nitrogens is 1. The summed E-state index contributed by atoms with van der Waals surface area (Å²) in [5.74, 6) is -0.586. The molecule has 2 heterocycles. The van der Waals surface area contributed by atoms with Gasteiger partial charge in [0.2, 0.25) is 11.8 Å². The fraction of sp³-hybridized carbons (Fsp3) is 0.320. The highest BCUT2D eigenvalue weighted by Crippen LogP contribution is 2.17. The van der Waals surface area contributed by atoms with E-state index in [1.165, 1.54) is 31.4 Å². The fourth-order valence-electron chi connectivity index (χ4n) is 3.94. The maximum atomic E-state index is 14.3. The molecule has 34 heavy (non-hydrogen) atoms. The largest absolute Gasteiger partial charge is 0.447 e. The number of halogens is 2. The molecular formula is C25H26F2N4O3. The lowest BCUT2D eigenvalue weighted by molar-refractivity contribution is -0.130. The smallest absolute Gasteiger partial charge is 0.275 e. The first-order chi connectivity index (χ1) is 16.4. The Morgan fingerprint density at radius 3 is 2.29 bits per heavy atom. The Kier molecular flexibility index (Phi) is 7.32. The lowest BCUT2D eigenvalue weighted by Gasteiger charge is -2.33. The zero-order valence-corrected chi connectivity index (χ0v) is 18.9. The summed E-state index contributed by atoms with van der Waals surface area (Å²) in [7, 11) is 0. The van der Waals surface area contributed by atoms with Crippen LogP contribution in [0.4, 0.5) is 8.78 Å². The van der Waals surface area contributed by atoms with E-state index >= 15 is 0 Å². The summed E-state index contributed by atoms with van der Waals surface area (Å²) < 4.78 is 33.2. The van der Waals surface area contributed by atoms with Crippen LogP contribution in [0.2, 0.25) is 0 Å². The van der Waals surface area contributed by atoms with E-state index in [1.807, 2.05) is 4.90 Å². The van der Waals surface area contributed by atoms with E-state index < -0.39 is 0 Å². The summed E-state index contributed by atoms with van der Waals surface area (Å²) in [5.41, 5.74) is 1.55.